The highest BCUT2D eigenvalue weighted by atomic mass is 79.9. The molecule has 0 unspecified atom stereocenters. The van der Waals surface area contributed by atoms with Crippen LogP contribution in [0.15, 0.2) is 21.0 Å². The third-order valence-electron chi connectivity index (χ3n) is 1.00. The second-order valence-corrected chi connectivity index (χ2v) is 4.48. The maximum absolute atomic E-state index is 11.0. The molecule has 3 N–H and O–H groups in total. The number of thioether (sulfide) groups is 1. The van der Waals surface area contributed by atoms with Gasteiger partial charge in [-0.15, -0.1) is 0 Å². The van der Waals surface area contributed by atoms with Gasteiger partial charge >= 0.3 is 0 Å². The number of halogens is 1. The second kappa shape index (κ2) is 5.27. The van der Waals surface area contributed by atoms with E-state index in [1.165, 1.54) is 11.8 Å². The molecular formula is C7H11BrN2OS. The van der Waals surface area contributed by atoms with E-state index in [0.29, 0.717) is 10.6 Å². The Hall–Kier alpha value is -0.420. The molecule has 0 fully saturated rings. The van der Waals surface area contributed by atoms with Gasteiger partial charge in [0.1, 0.15) is 0 Å². The summed E-state index contributed by atoms with van der Waals surface area (Å²) < 4.78 is 0.719. The minimum absolute atomic E-state index is 0.196. The fourth-order valence-electron chi connectivity index (χ4n) is 0.374. The summed E-state index contributed by atoms with van der Waals surface area (Å²) in [4.78, 5) is 11.4. The summed E-state index contributed by atoms with van der Waals surface area (Å²) in [5.74, 6) is -0.196. The number of hydrogen-bond acceptors (Lipinski definition) is 3. The minimum atomic E-state index is -0.196. The van der Waals surface area contributed by atoms with Gasteiger partial charge in [-0.3, -0.25) is 4.79 Å². The van der Waals surface area contributed by atoms with Crippen molar-refractivity contribution < 1.29 is 4.79 Å². The number of nitrogens with two attached hydrogens (primary N) is 1. The second-order valence-electron chi connectivity index (χ2n) is 2.06. The Labute approximate surface area is 84.6 Å². The first-order valence-corrected chi connectivity index (χ1v) is 4.80. The van der Waals surface area contributed by atoms with Gasteiger partial charge in [0.2, 0.25) is 0 Å². The van der Waals surface area contributed by atoms with Gasteiger partial charge in [0.15, 0.2) is 0 Å². The number of carbonyl (C=O) groups is 1. The maximum atomic E-state index is 11.0. The van der Waals surface area contributed by atoms with Crippen LogP contribution in [0.25, 0.3) is 0 Å². The van der Waals surface area contributed by atoms with Crippen LogP contribution in [0.3, 0.4) is 0 Å². The Morgan fingerprint density at radius 3 is 2.50 bits per heavy atom. The summed E-state index contributed by atoms with van der Waals surface area (Å²) in [5, 5.41) is 2.47. The van der Waals surface area contributed by atoms with E-state index in [1.807, 2.05) is 0 Å². The first-order valence-electron chi connectivity index (χ1n) is 3.19. The summed E-state index contributed by atoms with van der Waals surface area (Å²) in [7, 11) is 1.56. The van der Waals surface area contributed by atoms with Crippen LogP contribution in [-0.2, 0) is 4.79 Å². The van der Waals surface area contributed by atoms with Crippen molar-refractivity contribution in [2.75, 3.05) is 7.05 Å². The zero-order chi connectivity index (χ0) is 9.72. The summed E-state index contributed by atoms with van der Waals surface area (Å²) in [6, 6.07) is 0. The molecule has 68 valence electrons. The van der Waals surface area contributed by atoms with Gasteiger partial charge in [-0.05, 0) is 22.9 Å². The average molecular weight is 251 g/mol. The lowest BCUT2D eigenvalue weighted by Crippen LogP contribution is -2.17. The van der Waals surface area contributed by atoms with E-state index < -0.39 is 0 Å². The third kappa shape index (κ3) is 3.82. The van der Waals surface area contributed by atoms with Crippen LogP contribution in [-0.4, -0.2) is 13.0 Å². The summed E-state index contributed by atoms with van der Waals surface area (Å²) in [5.41, 5.74) is 6.09. The van der Waals surface area contributed by atoms with Crippen molar-refractivity contribution in [1.82, 2.24) is 5.32 Å². The van der Waals surface area contributed by atoms with E-state index in [-0.39, 0.29) is 5.91 Å². The fourth-order valence-corrected chi connectivity index (χ4v) is 1.53. The van der Waals surface area contributed by atoms with Crippen LogP contribution >= 0.6 is 27.7 Å². The first kappa shape index (κ1) is 11.6. The smallest absolute Gasteiger partial charge is 0.257 e. The van der Waals surface area contributed by atoms with Crippen molar-refractivity contribution in [3.05, 3.63) is 21.0 Å². The van der Waals surface area contributed by atoms with Crippen LogP contribution in [0, 0.1) is 0 Å². The largest absolute Gasteiger partial charge is 0.401 e. The topological polar surface area (TPSA) is 55.1 Å². The van der Waals surface area contributed by atoms with Crippen molar-refractivity contribution in [3.63, 3.8) is 0 Å². The van der Waals surface area contributed by atoms with Crippen LogP contribution in [0.5, 0.6) is 0 Å². The minimum Gasteiger partial charge on any atom is -0.401 e. The molecule has 0 aromatic heterocycles. The number of nitrogens with one attached hydrogen (secondary N) is 1. The molecule has 0 aliphatic carbocycles. The fraction of sp³-hybridized carbons (Fsp3) is 0.286. The maximum Gasteiger partial charge on any atom is 0.257 e. The van der Waals surface area contributed by atoms with Gasteiger partial charge in [0, 0.05) is 12.7 Å². The molecule has 0 aromatic carbocycles. The third-order valence-corrected chi connectivity index (χ3v) is 3.05. The van der Waals surface area contributed by atoms with Crippen molar-refractivity contribution in [2.45, 2.75) is 6.92 Å². The molecule has 1 amide bonds. The summed E-state index contributed by atoms with van der Waals surface area (Å²) in [6.45, 7) is 5.32. The Balaban J connectivity index is 4.21. The van der Waals surface area contributed by atoms with Crippen LogP contribution < -0.4 is 11.1 Å². The molecule has 0 saturated carbocycles. The molecule has 5 heteroatoms. The number of carbonyl (C=O) groups excluding carboxylic acids is 1. The van der Waals surface area contributed by atoms with Crippen LogP contribution in [0.1, 0.15) is 6.92 Å². The molecule has 0 saturated heterocycles. The van der Waals surface area contributed by atoms with E-state index in [4.69, 9.17) is 5.73 Å². The lowest BCUT2D eigenvalue weighted by molar-refractivity contribution is -0.116. The van der Waals surface area contributed by atoms with Gasteiger partial charge in [-0.1, -0.05) is 18.3 Å². The molecular weight excluding hydrogens is 240 g/mol. The Kier molecular flexibility index (Phi) is 5.08. The standard InChI is InChI=1S/C7H11BrN2OS/c1-4(9)6(8)12-5(2)7(11)10-3/h2,9H2,1,3H3,(H,10,11)/b6-4-. The molecule has 0 aliphatic heterocycles. The Bertz CT molecular complexity index is 234. The molecule has 0 spiro atoms. The molecule has 12 heavy (non-hydrogen) atoms. The van der Waals surface area contributed by atoms with Gasteiger partial charge in [-0.2, -0.15) is 0 Å². The molecule has 0 aromatic rings. The van der Waals surface area contributed by atoms with Crippen LogP contribution in [0.2, 0.25) is 0 Å². The summed E-state index contributed by atoms with van der Waals surface area (Å²) >= 11 is 4.42. The number of rotatable bonds is 3. The van der Waals surface area contributed by atoms with E-state index in [1.54, 1.807) is 14.0 Å². The average Bonchev–Trinajstić information content (AvgIpc) is 2.02. The molecule has 0 rings (SSSR count). The van der Waals surface area contributed by atoms with Gasteiger partial charge in [0.25, 0.3) is 5.91 Å². The molecule has 0 bridgehead atoms. The van der Waals surface area contributed by atoms with E-state index in [0.717, 1.165) is 3.81 Å². The number of likely N-dealkylation sites (N-methyl/N-ethyl adjacent to an activating group) is 1. The Morgan fingerprint density at radius 2 is 2.17 bits per heavy atom. The van der Waals surface area contributed by atoms with E-state index >= 15 is 0 Å². The highest BCUT2D eigenvalue weighted by molar-refractivity contribution is 9.14. The van der Waals surface area contributed by atoms with Crippen molar-refractivity contribution in [3.8, 4) is 0 Å². The predicted octanol–water partition coefficient (Wildman–Crippen LogP) is 1.52. The predicted molar refractivity (Wildman–Crippen MR) is 56.6 cm³/mol. The SMILES string of the molecule is C=C(S/C(Br)=C(/C)N)C(=O)NC. The zero-order valence-electron chi connectivity index (χ0n) is 6.98. The quantitative estimate of drug-likeness (QED) is 0.748. The van der Waals surface area contributed by atoms with Crippen molar-refractivity contribution >= 4 is 33.6 Å². The van der Waals surface area contributed by atoms with Gasteiger partial charge < -0.3 is 11.1 Å². The lowest BCUT2D eigenvalue weighted by atomic mass is 10.6. The molecule has 0 aliphatic rings. The Morgan fingerprint density at radius 1 is 1.67 bits per heavy atom. The normalized spacial score (nSPS) is 11.9. The molecule has 0 radical (unpaired) electrons. The molecule has 0 atom stereocenters. The summed E-state index contributed by atoms with van der Waals surface area (Å²) in [6.07, 6.45) is 0. The number of hydrogen-bond donors (Lipinski definition) is 2. The molecule has 0 heterocycles. The number of allylic oxidation sites excluding steroid dienone is 1. The van der Waals surface area contributed by atoms with Crippen LogP contribution in [0.4, 0.5) is 0 Å². The monoisotopic (exact) mass is 250 g/mol. The van der Waals surface area contributed by atoms with Gasteiger partial charge in [0.05, 0.1) is 8.72 Å². The lowest BCUT2D eigenvalue weighted by Gasteiger charge is -2.03. The highest BCUT2D eigenvalue weighted by Crippen LogP contribution is 2.30. The molecule has 3 nitrogen and oxygen atoms in total. The zero-order valence-corrected chi connectivity index (χ0v) is 9.38. The van der Waals surface area contributed by atoms with Crippen molar-refractivity contribution in [1.29, 1.82) is 0 Å². The van der Waals surface area contributed by atoms with E-state index in [2.05, 4.69) is 27.8 Å². The number of amides is 1. The van der Waals surface area contributed by atoms with E-state index in [9.17, 15) is 4.79 Å². The van der Waals surface area contributed by atoms with Crippen molar-refractivity contribution in [2.24, 2.45) is 5.73 Å². The highest BCUT2D eigenvalue weighted by Gasteiger charge is 2.07. The first-order chi connectivity index (χ1) is 5.49. The van der Waals surface area contributed by atoms with Gasteiger partial charge in [-0.25, -0.2) is 0 Å².